The second-order valence-electron chi connectivity index (χ2n) is 5.97. The fourth-order valence-electron chi connectivity index (χ4n) is 3.26. The fourth-order valence-corrected chi connectivity index (χ4v) is 3.26. The number of likely N-dealkylation sites (tertiary alicyclic amines) is 1. The lowest BCUT2D eigenvalue weighted by atomic mass is 9.94. The first-order chi connectivity index (χ1) is 11.1. The molecule has 1 heterocycles. The van der Waals surface area contributed by atoms with Gasteiger partial charge in [-0.3, -0.25) is 14.5 Å². The second-order valence-corrected chi connectivity index (χ2v) is 5.97. The highest BCUT2D eigenvalue weighted by molar-refractivity contribution is 5.85. The minimum atomic E-state index is -0.726. The van der Waals surface area contributed by atoms with Gasteiger partial charge in [-0.1, -0.05) is 30.3 Å². The summed E-state index contributed by atoms with van der Waals surface area (Å²) in [5.74, 6) is -0.905. The molecule has 2 rings (SSSR count). The van der Waals surface area contributed by atoms with Crippen molar-refractivity contribution in [3.8, 4) is 0 Å². The van der Waals surface area contributed by atoms with Gasteiger partial charge >= 0.3 is 5.97 Å². The summed E-state index contributed by atoms with van der Waals surface area (Å²) in [6.07, 6.45) is 1.20. The first-order valence-electron chi connectivity index (χ1n) is 8.39. The zero-order chi connectivity index (χ0) is 16.8. The summed E-state index contributed by atoms with van der Waals surface area (Å²) >= 11 is 0. The molecule has 1 amide bonds. The smallest absolute Gasteiger partial charge is 0.306 e. The number of aliphatic carboxylic acids is 1. The maximum Gasteiger partial charge on any atom is 0.306 e. The van der Waals surface area contributed by atoms with E-state index in [-0.39, 0.29) is 30.3 Å². The van der Waals surface area contributed by atoms with Gasteiger partial charge in [0, 0.05) is 26.2 Å². The van der Waals surface area contributed by atoms with Crippen LogP contribution in [0.3, 0.4) is 0 Å². The molecule has 1 saturated heterocycles. The van der Waals surface area contributed by atoms with E-state index in [2.05, 4.69) is 4.90 Å². The van der Waals surface area contributed by atoms with Crippen molar-refractivity contribution in [3.63, 3.8) is 0 Å². The standard InChI is InChI=1S/C18H26N2O3.ClH/c1-3-19(4-2)17(21)16(14-8-6-5-7-9-14)20-12-10-15(11-13-20)18(22)23;/h5-9,15-16H,3-4,10-13H2,1-2H3,(H,22,23);1H. The summed E-state index contributed by atoms with van der Waals surface area (Å²) in [7, 11) is 0. The van der Waals surface area contributed by atoms with Gasteiger partial charge in [0.05, 0.1) is 5.92 Å². The largest absolute Gasteiger partial charge is 0.481 e. The molecule has 0 saturated carbocycles. The van der Waals surface area contributed by atoms with Crippen molar-refractivity contribution in [2.24, 2.45) is 5.92 Å². The lowest BCUT2D eigenvalue weighted by Crippen LogP contribution is -2.46. The number of amides is 1. The second kappa shape index (κ2) is 9.64. The third-order valence-electron chi connectivity index (χ3n) is 4.67. The molecule has 1 atom stereocenters. The van der Waals surface area contributed by atoms with Crippen LogP contribution in [-0.2, 0) is 9.59 Å². The quantitative estimate of drug-likeness (QED) is 0.853. The van der Waals surface area contributed by atoms with E-state index < -0.39 is 5.97 Å². The zero-order valence-electron chi connectivity index (χ0n) is 14.4. The van der Waals surface area contributed by atoms with Crippen molar-refractivity contribution >= 4 is 24.3 Å². The lowest BCUT2D eigenvalue weighted by molar-refractivity contribution is -0.144. The number of hydrogen-bond donors (Lipinski definition) is 1. The van der Waals surface area contributed by atoms with Crippen LogP contribution in [-0.4, -0.2) is 53.0 Å². The van der Waals surface area contributed by atoms with Crippen molar-refractivity contribution in [2.75, 3.05) is 26.2 Å². The lowest BCUT2D eigenvalue weighted by Gasteiger charge is -2.38. The molecule has 0 aromatic heterocycles. The number of benzene rings is 1. The Labute approximate surface area is 150 Å². The molecule has 1 aromatic rings. The van der Waals surface area contributed by atoms with Crippen LogP contribution in [0.1, 0.15) is 38.3 Å². The van der Waals surface area contributed by atoms with Gasteiger partial charge in [-0.2, -0.15) is 0 Å². The number of carboxylic acid groups (broad SMARTS) is 1. The molecule has 0 aliphatic carbocycles. The number of piperidine rings is 1. The van der Waals surface area contributed by atoms with Gasteiger partial charge in [0.2, 0.25) is 5.91 Å². The number of rotatable bonds is 6. The van der Waals surface area contributed by atoms with Crippen LogP contribution >= 0.6 is 12.4 Å². The van der Waals surface area contributed by atoms with Gasteiger partial charge in [-0.25, -0.2) is 0 Å². The highest BCUT2D eigenvalue weighted by atomic mass is 35.5. The van der Waals surface area contributed by atoms with Crippen molar-refractivity contribution < 1.29 is 14.7 Å². The van der Waals surface area contributed by atoms with Gasteiger partial charge in [0.1, 0.15) is 6.04 Å². The third kappa shape index (κ3) is 4.71. The Bertz CT molecular complexity index is 526. The Morgan fingerprint density at radius 3 is 2.17 bits per heavy atom. The molecule has 0 radical (unpaired) electrons. The summed E-state index contributed by atoms with van der Waals surface area (Å²) in [6, 6.07) is 9.49. The summed E-state index contributed by atoms with van der Waals surface area (Å²) in [4.78, 5) is 28.1. The minimum absolute atomic E-state index is 0. The first-order valence-corrected chi connectivity index (χ1v) is 8.39. The maximum absolute atomic E-state index is 13.0. The molecule has 24 heavy (non-hydrogen) atoms. The summed E-state index contributed by atoms with van der Waals surface area (Å²) in [5, 5.41) is 9.16. The summed E-state index contributed by atoms with van der Waals surface area (Å²) in [6.45, 7) is 6.63. The average molecular weight is 355 g/mol. The molecule has 1 aliphatic heterocycles. The third-order valence-corrected chi connectivity index (χ3v) is 4.67. The molecule has 1 N–H and O–H groups in total. The van der Waals surface area contributed by atoms with Crippen LogP contribution in [0.15, 0.2) is 30.3 Å². The fraction of sp³-hybridized carbons (Fsp3) is 0.556. The van der Waals surface area contributed by atoms with Gasteiger partial charge in [0.15, 0.2) is 0 Å². The number of carboxylic acids is 1. The van der Waals surface area contributed by atoms with E-state index in [1.807, 2.05) is 49.1 Å². The molecule has 1 unspecified atom stereocenters. The number of halogens is 1. The molecule has 6 heteroatoms. The molecule has 1 aliphatic rings. The predicted molar refractivity (Wildman–Crippen MR) is 96.3 cm³/mol. The molecule has 0 bridgehead atoms. The SMILES string of the molecule is CCN(CC)C(=O)C(c1ccccc1)N1CCC(C(=O)O)CC1.Cl. The van der Waals surface area contributed by atoms with Crippen molar-refractivity contribution in [1.82, 2.24) is 9.80 Å². The first kappa shape index (κ1) is 20.5. The number of carbonyl (C=O) groups excluding carboxylic acids is 1. The van der Waals surface area contributed by atoms with Crippen LogP contribution < -0.4 is 0 Å². The Kier molecular flexibility index (Phi) is 8.22. The maximum atomic E-state index is 13.0. The Hall–Kier alpha value is -1.59. The Balaban J connectivity index is 0.00000288. The van der Waals surface area contributed by atoms with E-state index in [4.69, 9.17) is 5.11 Å². The average Bonchev–Trinajstić information content (AvgIpc) is 2.57. The van der Waals surface area contributed by atoms with Crippen LogP contribution in [0, 0.1) is 5.92 Å². The molecular weight excluding hydrogens is 328 g/mol. The number of hydrogen-bond acceptors (Lipinski definition) is 3. The Morgan fingerprint density at radius 1 is 1.17 bits per heavy atom. The van der Waals surface area contributed by atoms with Gasteiger partial charge < -0.3 is 10.0 Å². The predicted octanol–water partition coefficient (Wildman–Crippen LogP) is 2.81. The molecule has 1 fully saturated rings. The van der Waals surface area contributed by atoms with E-state index in [1.165, 1.54) is 0 Å². The molecule has 134 valence electrons. The summed E-state index contributed by atoms with van der Waals surface area (Å²) in [5.41, 5.74) is 0.984. The monoisotopic (exact) mass is 354 g/mol. The van der Waals surface area contributed by atoms with Crippen LogP contribution in [0.4, 0.5) is 0 Å². The van der Waals surface area contributed by atoms with Crippen molar-refractivity contribution in [1.29, 1.82) is 0 Å². The van der Waals surface area contributed by atoms with Gasteiger partial charge in [-0.15, -0.1) is 12.4 Å². The number of nitrogens with zero attached hydrogens (tertiary/aromatic N) is 2. The van der Waals surface area contributed by atoms with E-state index in [1.54, 1.807) is 0 Å². The normalized spacial score (nSPS) is 16.9. The minimum Gasteiger partial charge on any atom is -0.481 e. The molecule has 0 spiro atoms. The van der Waals surface area contributed by atoms with Gasteiger partial charge in [0.25, 0.3) is 0 Å². The zero-order valence-corrected chi connectivity index (χ0v) is 15.2. The van der Waals surface area contributed by atoms with Crippen molar-refractivity contribution in [3.05, 3.63) is 35.9 Å². The molecule has 1 aromatic carbocycles. The van der Waals surface area contributed by atoms with E-state index in [9.17, 15) is 9.59 Å². The number of carbonyl (C=O) groups is 2. The summed E-state index contributed by atoms with van der Waals surface area (Å²) < 4.78 is 0. The van der Waals surface area contributed by atoms with Gasteiger partial charge in [-0.05, 0) is 32.3 Å². The topological polar surface area (TPSA) is 60.9 Å². The van der Waals surface area contributed by atoms with E-state index in [0.717, 1.165) is 5.56 Å². The molecule has 5 nitrogen and oxygen atoms in total. The molecular formula is C18H27ClN2O3. The van der Waals surface area contributed by atoms with Crippen molar-refractivity contribution in [2.45, 2.75) is 32.7 Å². The van der Waals surface area contributed by atoms with Crippen LogP contribution in [0.5, 0.6) is 0 Å². The van der Waals surface area contributed by atoms with Crippen LogP contribution in [0.25, 0.3) is 0 Å². The van der Waals surface area contributed by atoms with E-state index >= 15 is 0 Å². The highest BCUT2D eigenvalue weighted by Gasteiger charge is 2.34. The number of likely N-dealkylation sites (N-methyl/N-ethyl adjacent to an activating group) is 1. The highest BCUT2D eigenvalue weighted by Crippen LogP contribution is 2.28. The van der Waals surface area contributed by atoms with E-state index in [0.29, 0.717) is 39.0 Å². The van der Waals surface area contributed by atoms with Crippen LogP contribution in [0.2, 0.25) is 0 Å². The Morgan fingerprint density at radius 2 is 1.71 bits per heavy atom.